The summed E-state index contributed by atoms with van der Waals surface area (Å²) in [6.07, 6.45) is 2.25. The number of carbonyl (C=O) groups is 1. The molecule has 1 aliphatic heterocycles. The standard InChI is InChI=1S/C13H17ClN2O/c1-9-3-2-6-16(8-9)13(17)11-7-10(14)4-5-12(11)15/h4-5,7,9H,2-3,6,8,15H2,1H3/t9-/m1/s1. The Bertz CT molecular complexity index is 433. The van der Waals surface area contributed by atoms with Crippen molar-refractivity contribution in [3.63, 3.8) is 0 Å². The van der Waals surface area contributed by atoms with Crippen molar-refractivity contribution < 1.29 is 4.79 Å². The van der Waals surface area contributed by atoms with Gasteiger partial charge in [0.15, 0.2) is 0 Å². The van der Waals surface area contributed by atoms with Crippen molar-refractivity contribution in [1.29, 1.82) is 0 Å². The highest BCUT2D eigenvalue weighted by Gasteiger charge is 2.23. The van der Waals surface area contributed by atoms with Gasteiger partial charge in [-0.15, -0.1) is 0 Å². The van der Waals surface area contributed by atoms with E-state index in [1.54, 1.807) is 18.2 Å². The first-order valence-corrected chi connectivity index (χ1v) is 6.30. The van der Waals surface area contributed by atoms with Crippen LogP contribution in [0.5, 0.6) is 0 Å². The summed E-state index contributed by atoms with van der Waals surface area (Å²) in [6, 6.07) is 5.04. The Hall–Kier alpha value is -1.22. The number of nitrogen functional groups attached to an aromatic ring is 1. The van der Waals surface area contributed by atoms with Crippen molar-refractivity contribution >= 4 is 23.2 Å². The van der Waals surface area contributed by atoms with Gasteiger partial charge in [0, 0.05) is 23.8 Å². The molecular weight excluding hydrogens is 236 g/mol. The zero-order valence-corrected chi connectivity index (χ0v) is 10.7. The van der Waals surface area contributed by atoms with Crippen LogP contribution in [0.15, 0.2) is 18.2 Å². The number of carbonyl (C=O) groups excluding carboxylic acids is 1. The number of hydrogen-bond donors (Lipinski definition) is 1. The molecule has 1 saturated heterocycles. The molecule has 4 heteroatoms. The summed E-state index contributed by atoms with van der Waals surface area (Å²) in [5.41, 5.74) is 6.84. The van der Waals surface area contributed by atoms with Gasteiger partial charge in [-0.2, -0.15) is 0 Å². The maximum Gasteiger partial charge on any atom is 0.256 e. The van der Waals surface area contributed by atoms with Gasteiger partial charge < -0.3 is 10.6 Å². The molecule has 1 amide bonds. The van der Waals surface area contributed by atoms with E-state index in [0.29, 0.717) is 22.2 Å². The fourth-order valence-corrected chi connectivity index (χ4v) is 2.43. The van der Waals surface area contributed by atoms with Crippen molar-refractivity contribution in [2.75, 3.05) is 18.8 Å². The van der Waals surface area contributed by atoms with Crippen LogP contribution in [0.1, 0.15) is 30.1 Å². The summed E-state index contributed by atoms with van der Waals surface area (Å²) in [4.78, 5) is 14.2. The smallest absolute Gasteiger partial charge is 0.256 e. The molecule has 1 atom stereocenters. The summed E-state index contributed by atoms with van der Waals surface area (Å²) < 4.78 is 0. The Kier molecular flexibility index (Phi) is 3.57. The molecule has 0 aliphatic carbocycles. The molecule has 92 valence electrons. The number of amides is 1. The molecule has 0 aromatic heterocycles. The molecule has 1 aromatic carbocycles. The zero-order valence-electron chi connectivity index (χ0n) is 9.95. The predicted octanol–water partition coefficient (Wildman–Crippen LogP) is 2.79. The number of hydrogen-bond acceptors (Lipinski definition) is 2. The molecule has 0 bridgehead atoms. The van der Waals surface area contributed by atoms with Gasteiger partial charge in [-0.05, 0) is 37.0 Å². The number of nitrogens with two attached hydrogens (primary N) is 1. The lowest BCUT2D eigenvalue weighted by atomic mass is 9.99. The average molecular weight is 253 g/mol. The van der Waals surface area contributed by atoms with E-state index in [4.69, 9.17) is 17.3 Å². The van der Waals surface area contributed by atoms with Crippen LogP contribution in [-0.4, -0.2) is 23.9 Å². The first-order valence-electron chi connectivity index (χ1n) is 5.92. The molecule has 1 aliphatic rings. The molecule has 2 rings (SSSR count). The minimum atomic E-state index is -0.00319. The third kappa shape index (κ3) is 2.72. The minimum Gasteiger partial charge on any atom is -0.398 e. The highest BCUT2D eigenvalue weighted by molar-refractivity contribution is 6.31. The molecule has 1 fully saturated rings. The van der Waals surface area contributed by atoms with Gasteiger partial charge in [0.2, 0.25) is 0 Å². The Balaban J connectivity index is 2.21. The summed E-state index contributed by atoms with van der Waals surface area (Å²) >= 11 is 5.90. The third-order valence-electron chi connectivity index (χ3n) is 3.19. The molecule has 1 aromatic rings. The number of benzene rings is 1. The number of piperidine rings is 1. The van der Waals surface area contributed by atoms with Crippen LogP contribution in [0, 0.1) is 5.92 Å². The molecule has 0 saturated carbocycles. The van der Waals surface area contributed by atoms with Gasteiger partial charge in [-0.25, -0.2) is 0 Å². The lowest BCUT2D eigenvalue weighted by Crippen LogP contribution is -2.39. The van der Waals surface area contributed by atoms with E-state index in [0.717, 1.165) is 19.5 Å². The summed E-state index contributed by atoms with van der Waals surface area (Å²) in [6.45, 7) is 3.79. The van der Waals surface area contributed by atoms with E-state index in [2.05, 4.69) is 6.92 Å². The number of rotatable bonds is 1. The van der Waals surface area contributed by atoms with E-state index in [9.17, 15) is 4.79 Å². The normalized spacial score (nSPS) is 20.4. The second-order valence-corrected chi connectivity index (χ2v) is 5.17. The Morgan fingerprint density at radius 3 is 3.00 bits per heavy atom. The van der Waals surface area contributed by atoms with E-state index in [-0.39, 0.29) is 5.91 Å². The van der Waals surface area contributed by atoms with Gasteiger partial charge in [-0.1, -0.05) is 18.5 Å². The van der Waals surface area contributed by atoms with Crippen LogP contribution >= 0.6 is 11.6 Å². The Labute approximate surface area is 107 Å². The van der Waals surface area contributed by atoms with E-state index in [1.165, 1.54) is 6.42 Å². The molecule has 0 radical (unpaired) electrons. The number of halogens is 1. The average Bonchev–Trinajstić information content (AvgIpc) is 2.31. The van der Waals surface area contributed by atoms with Crippen LogP contribution in [-0.2, 0) is 0 Å². The topological polar surface area (TPSA) is 46.3 Å². The second kappa shape index (κ2) is 4.96. The van der Waals surface area contributed by atoms with Gasteiger partial charge >= 0.3 is 0 Å². The van der Waals surface area contributed by atoms with Gasteiger partial charge in [-0.3, -0.25) is 4.79 Å². The van der Waals surface area contributed by atoms with Crippen LogP contribution in [0.25, 0.3) is 0 Å². The highest BCUT2D eigenvalue weighted by Crippen LogP contribution is 2.23. The van der Waals surface area contributed by atoms with Gasteiger partial charge in [0.25, 0.3) is 5.91 Å². The molecule has 17 heavy (non-hydrogen) atoms. The van der Waals surface area contributed by atoms with E-state index >= 15 is 0 Å². The summed E-state index contributed by atoms with van der Waals surface area (Å²) in [5, 5.41) is 0.549. The number of anilines is 1. The molecule has 2 N–H and O–H groups in total. The van der Waals surface area contributed by atoms with Crippen molar-refractivity contribution in [3.05, 3.63) is 28.8 Å². The van der Waals surface area contributed by atoms with Crippen molar-refractivity contribution in [2.45, 2.75) is 19.8 Å². The Morgan fingerprint density at radius 1 is 1.53 bits per heavy atom. The van der Waals surface area contributed by atoms with Crippen LogP contribution in [0.3, 0.4) is 0 Å². The van der Waals surface area contributed by atoms with Crippen LogP contribution in [0.4, 0.5) is 5.69 Å². The molecule has 3 nitrogen and oxygen atoms in total. The second-order valence-electron chi connectivity index (χ2n) is 4.73. The molecule has 1 heterocycles. The van der Waals surface area contributed by atoms with Crippen LogP contribution < -0.4 is 5.73 Å². The van der Waals surface area contributed by atoms with Gasteiger partial charge in [0.05, 0.1) is 5.56 Å². The fourth-order valence-electron chi connectivity index (χ4n) is 2.26. The monoisotopic (exact) mass is 252 g/mol. The maximum atomic E-state index is 12.3. The summed E-state index contributed by atoms with van der Waals surface area (Å²) in [7, 11) is 0. The van der Waals surface area contributed by atoms with Gasteiger partial charge in [0.1, 0.15) is 0 Å². The largest absolute Gasteiger partial charge is 0.398 e. The molecule has 0 unspecified atom stereocenters. The lowest BCUT2D eigenvalue weighted by molar-refractivity contribution is 0.0684. The molecular formula is C13H17ClN2O. The fraction of sp³-hybridized carbons (Fsp3) is 0.462. The van der Waals surface area contributed by atoms with Crippen molar-refractivity contribution in [3.8, 4) is 0 Å². The van der Waals surface area contributed by atoms with E-state index < -0.39 is 0 Å². The Morgan fingerprint density at radius 2 is 2.29 bits per heavy atom. The number of nitrogens with zero attached hydrogens (tertiary/aromatic N) is 1. The third-order valence-corrected chi connectivity index (χ3v) is 3.43. The SMILES string of the molecule is C[C@@H]1CCCN(C(=O)c2cc(Cl)ccc2N)C1. The van der Waals surface area contributed by atoms with Crippen molar-refractivity contribution in [1.82, 2.24) is 4.90 Å². The minimum absolute atomic E-state index is 0.00319. The number of likely N-dealkylation sites (tertiary alicyclic amines) is 1. The zero-order chi connectivity index (χ0) is 12.4. The maximum absolute atomic E-state index is 12.3. The first-order chi connectivity index (χ1) is 8.08. The predicted molar refractivity (Wildman–Crippen MR) is 70.2 cm³/mol. The van der Waals surface area contributed by atoms with Crippen LogP contribution in [0.2, 0.25) is 5.02 Å². The quantitative estimate of drug-likeness (QED) is 0.782. The van der Waals surface area contributed by atoms with Crippen molar-refractivity contribution in [2.24, 2.45) is 5.92 Å². The lowest BCUT2D eigenvalue weighted by Gasteiger charge is -2.31. The first kappa shape index (κ1) is 12.2. The van der Waals surface area contributed by atoms with E-state index in [1.807, 2.05) is 4.90 Å². The molecule has 0 spiro atoms. The highest BCUT2D eigenvalue weighted by atomic mass is 35.5. The summed E-state index contributed by atoms with van der Waals surface area (Å²) in [5.74, 6) is 0.560.